The molecule has 0 aromatic carbocycles. The number of hydrogen-bond donors (Lipinski definition) is 1. The van der Waals surface area contributed by atoms with Crippen LogP contribution in [0.15, 0.2) is 0 Å². The van der Waals surface area contributed by atoms with Crippen LogP contribution < -0.4 is 0 Å². The van der Waals surface area contributed by atoms with E-state index in [1.54, 1.807) is 0 Å². The Morgan fingerprint density at radius 1 is 0.692 bits per heavy atom. The summed E-state index contributed by atoms with van der Waals surface area (Å²) in [5.41, 5.74) is 0. The number of rotatable bonds is 0. The first-order valence-corrected chi connectivity index (χ1v) is 6.04. The van der Waals surface area contributed by atoms with Crippen molar-refractivity contribution < 1.29 is 5.11 Å². The molecule has 4 rings (SSSR count). The van der Waals surface area contributed by atoms with Crippen LogP contribution in [0.1, 0.15) is 44.9 Å². The second kappa shape index (κ2) is 2.98. The van der Waals surface area contributed by atoms with Crippen molar-refractivity contribution in [2.45, 2.75) is 51.0 Å². The minimum atomic E-state index is 0.0775. The van der Waals surface area contributed by atoms with E-state index < -0.39 is 0 Å². The Labute approximate surface area is 80.5 Å². The maximum Gasteiger partial charge on any atom is 0.0601 e. The summed E-state index contributed by atoms with van der Waals surface area (Å²) in [5.74, 6) is 3.14. The van der Waals surface area contributed by atoms with E-state index in [0.29, 0.717) is 11.8 Å². The molecule has 13 heavy (non-hydrogen) atoms. The van der Waals surface area contributed by atoms with Crippen molar-refractivity contribution in [1.29, 1.82) is 0 Å². The van der Waals surface area contributed by atoms with Crippen molar-refractivity contribution >= 4 is 0 Å². The summed E-state index contributed by atoms with van der Waals surface area (Å²) in [7, 11) is 0. The average molecular weight is 180 g/mol. The Bertz CT molecular complexity index is 173. The Morgan fingerprint density at radius 2 is 1.15 bits per heavy atom. The van der Waals surface area contributed by atoms with Gasteiger partial charge in [-0.25, -0.2) is 0 Å². The molecule has 0 radical (unpaired) electrons. The average Bonchev–Trinajstić information content (AvgIpc) is 2.30. The van der Waals surface area contributed by atoms with Gasteiger partial charge in [-0.2, -0.15) is 0 Å². The molecule has 0 aromatic rings. The molecule has 0 aliphatic heterocycles. The van der Waals surface area contributed by atoms with E-state index in [4.69, 9.17) is 0 Å². The third-order valence-electron chi connectivity index (χ3n) is 4.98. The maximum absolute atomic E-state index is 10.2. The van der Waals surface area contributed by atoms with Gasteiger partial charge in [0.1, 0.15) is 0 Å². The van der Waals surface area contributed by atoms with Gasteiger partial charge in [-0.3, -0.25) is 0 Å². The summed E-state index contributed by atoms with van der Waals surface area (Å²) in [6, 6.07) is 0. The first-order chi connectivity index (χ1) is 6.36. The summed E-state index contributed by atoms with van der Waals surface area (Å²) in [5, 5.41) is 10.2. The highest BCUT2D eigenvalue weighted by Crippen LogP contribution is 2.51. The molecule has 0 aromatic heterocycles. The van der Waals surface area contributed by atoms with E-state index in [9.17, 15) is 5.11 Å². The Balaban J connectivity index is 1.94. The minimum Gasteiger partial charge on any atom is -0.393 e. The smallest absolute Gasteiger partial charge is 0.0601 e. The van der Waals surface area contributed by atoms with E-state index in [2.05, 4.69) is 0 Å². The van der Waals surface area contributed by atoms with Gasteiger partial charge in [0.15, 0.2) is 0 Å². The van der Waals surface area contributed by atoms with Crippen LogP contribution in [0.2, 0.25) is 0 Å². The molecule has 4 fully saturated rings. The third kappa shape index (κ3) is 1.16. The van der Waals surface area contributed by atoms with Crippen molar-refractivity contribution in [2.24, 2.45) is 23.7 Å². The SMILES string of the molecule is OC1C2CCCC1C1CCC2CC1. The number of hydrogen-bond acceptors (Lipinski definition) is 1. The number of fused-ring (bicyclic) bond motifs is 2. The zero-order chi connectivity index (χ0) is 8.84. The fraction of sp³-hybridized carbons (Fsp3) is 1.00. The van der Waals surface area contributed by atoms with E-state index in [1.165, 1.54) is 44.9 Å². The van der Waals surface area contributed by atoms with Crippen LogP contribution in [0.3, 0.4) is 0 Å². The van der Waals surface area contributed by atoms with Gasteiger partial charge in [-0.1, -0.05) is 6.42 Å². The third-order valence-corrected chi connectivity index (χ3v) is 4.98. The molecular weight excluding hydrogens is 160 g/mol. The fourth-order valence-corrected chi connectivity index (χ4v) is 4.28. The molecular formula is C12H20O. The summed E-state index contributed by atoms with van der Waals surface area (Å²) in [6.07, 6.45) is 9.77. The molecule has 4 aliphatic carbocycles. The lowest BCUT2D eigenvalue weighted by atomic mass is 9.74. The monoisotopic (exact) mass is 180 g/mol. The van der Waals surface area contributed by atoms with Gasteiger partial charge in [0.2, 0.25) is 0 Å². The van der Waals surface area contributed by atoms with Gasteiger partial charge in [0.25, 0.3) is 0 Å². The first-order valence-electron chi connectivity index (χ1n) is 6.04. The normalized spacial score (nSPS) is 54.7. The zero-order valence-corrected chi connectivity index (χ0v) is 8.28. The highest BCUT2D eigenvalue weighted by Gasteiger charge is 2.45. The van der Waals surface area contributed by atoms with Gasteiger partial charge in [-0.15, -0.1) is 0 Å². The number of aliphatic hydroxyl groups excluding tert-OH is 1. The molecule has 74 valence electrons. The number of aliphatic hydroxyl groups is 1. The molecule has 1 N–H and O–H groups in total. The van der Waals surface area contributed by atoms with E-state index in [0.717, 1.165) is 11.8 Å². The summed E-state index contributed by atoms with van der Waals surface area (Å²) >= 11 is 0. The second-order valence-corrected chi connectivity index (χ2v) is 5.42. The van der Waals surface area contributed by atoms with Crippen LogP contribution in [0, 0.1) is 23.7 Å². The van der Waals surface area contributed by atoms with Crippen molar-refractivity contribution in [3.05, 3.63) is 0 Å². The van der Waals surface area contributed by atoms with Crippen molar-refractivity contribution in [1.82, 2.24) is 0 Å². The van der Waals surface area contributed by atoms with Gasteiger partial charge in [0, 0.05) is 0 Å². The minimum absolute atomic E-state index is 0.0775. The molecule has 2 unspecified atom stereocenters. The molecule has 0 amide bonds. The molecule has 0 spiro atoms. The summed E-state index contributed by atoms with van der Waals surface area (Å²) in [6.45, 7) is 0. The van der Waals surface area contributed by atoms with Crippen LogP contribution in [-0.2, 0) is 0 Å². The van der Waals surface area contributed by atoms with Gasteiger partial charge in [-0.05, 0) is 62.2 Å². The van der Waals surface area contributed by atoms with Crippen molar-refractivity contribution in [2.75, 3.05) is 0 Å². The van der Waals surface area contributed by atoms with E-state index in [1.807, 2.05) is 0 Å². The zero-order valence-electron chi connectivity index (χ0n) is 8.28. The molecule has 1 nitrogen and oxygen atoms in total. The predicted molar refractivity (Wildman–Crippen MR) is 52.3 cm³/mol. The Hall–Kier alpha value is -0.0400. The lowest BCUT2D eigenvalue weighted by Crippen LogP contribution is -2.35. The Morgan fingerprint density at radius 3 is 1.62 bits per heavy atom. The van der Waals surface area contributed by atoms with Crippen LogP contribution in [0.5, 0.6) is 0 Å². The molecule has 2 atom stereocenters. The molecule has 1 heteroatoms. The summed E-state index contributed by atoms with van der Waals surface area (Å²) in [4.78, 5) is 0. The van der Waals surface area contributed by atoms with Crippen LogP contribution in [0.25, 0.3) is 0 Å². The maximum atomic E-state index is 10.2. The lowest BCUT2D eigenvalue weighted by molar-refractivity contribution is -0.00120. The van der Waals surface area contributed by atoms with Gasteiger partial charge >= 0.3 is 0 Å². The van der Waals surface area contributed by atoms with Gasteiger partial charge < -0.3 is 5.11 Å². The van der Waals surface area contributed by atoms with Crippen molar-refractivity contribution in [3.63, 3.8) is 0 Å². The standard InChI is InChI=1S/C12H20O/c13-12-10-2-1-3-11(12)9-6-4-8(10)5-7-9/h8-13H,1-7H2. The molecule has 0 heterocycles. The topological polar surface area (TPSA) is 20.2 Å². The molecule has 4 bridgehead atoms. The predicted octanol–water partition coefficient (Wildman–Crippen LogP) is 2.58. The highest BCUT2D eigenvalue weighted by molar-refractivity contribution is 4.96. The lowest BCUT2D eigenvalue weighted by Gasteiger charge is -2.35. The van der Waals surface area contributed by atoms with E-state index >= 15 is 0 Å². The molecule has 0 saturated heterocycles. The van der Waals surface area contributed by atoms with Gasteiger partial charge in [0.05, 0.1) is 6.10 Å². The first kappa shape index (κ1) is 8.28. The van der Waals surface area contributed by atoms with Crippen LogP contribution in [-0.4, -0.2) is 11.2 Å². The highest BCUT2D eigenvalue weighted by atomic mass is 16.3. The summed E-state index contributed by atoms with van der Waals surface area (Å²) < 4.78 is 0. The van der Waals surface area contributed by atoms with E-state index in [-0.39, 0.29) is 6.10 Å². The van der Waals surface area contributed by atoms with Crippen molar-refractivity contribution in [3.8, 4) is 0 Å². The van der Waals surface area contributed by atoms with Crippen LogP contribution in [0.4, 0.5) is 0 Å². The largest absolute Gasteiger partial charge is 0.393 e. The quantitative estimate of drug-likeness (QED) is 0.607. The fourth-order valence-electron chi connectivity index (χ4n) is 4.28. The Kier molecular flexibility index (Phi) is 1.90. The molecule has 4 saturated carbocycles. The van der Waals surface area contributed by atoms with Crippen LogP contribution >= 0.6 is 0 Å². The second-order valence-electron chi connectivity index (χ2n) is 5.42. The molecule has 4 aliphatic rings.